The Morgan fingerprint density at radius 2 is 1.56 bits per heavy atom. The second kappa shape index (κ2) is 13.2. The van der Waals surface area contributed by atoms with E-state index in [0.717, 1.165) is 12.3 Å². The van der Waals surface area contributed by atoms with Gasteiger partial charge in [-0.3, -0.25) is 0 Å². The molecular formula is C35H48O. The maximum atomic E-state index is 4.66. The summed E-state index contributed by atoms with van der Waals surface area (Å²) in [6.07, 6.45) is 11.4. The Labute approximate surface area is 220 Å². The molecule has 0 heterocycles. The highest BCUT2D eigenvalue weighted by Crippen LogP contribution is 2.45. The molecule has 0 saturated heterocycles. The van der Waals surface area contributed by atoms with Crippen LogP contribution in [0.3, 0.4) is 0 Å². The van der Waals surface area contributed by atoms with E-state index < -0.39 is 0 Å². The number of hydrogen-bond donors (Lipinski definition) is 0. The first-order chi connectivity index (χ1) is 17.0. The maximum Gasteiger partial charge on any atom is -0.00666 e. The third-order valence-electron chi connectivity index (χ3n) is 8.72. The van der Waals surface area contributed by atoms with Crippen LogP contribution in [0.5, 0.6) is 0 Å². The lowest BCUT2D eigenvalue weighted by molar-refractivity contribution is 0.259. The van der Waals surface area contributed by atoms with Gasteiger partial charge in [-0.2, -0.15) is 0 Å². The van der Waals surface area contributed by atoms with Gasteiger partial charge in [-0.25, -0.2) is 0 Å². The predicted octanol–water partition coefficient (Wildman–Crippen LogP) is 9.40. The largest absolute Gasteiger partial charge is 0.412 e. The van der Waals surface area contributed by atoms with Crippen molar-refractivity contribution in [2.24, 2.45) is 17.8 Å². The average molecular weight is 485 g/mol. The van der Waals surface area contributed by atoms with Crippen LogP contribution in [0.2, 0.25) is 0 Å². The third-order valence-corrected chi connectivity index (χ3v) is 8.72. The second-order valence-electron chi connectivity index (χ2n) is 11.4. The van der Waals surface area contributed by atoms with Crippen LogP contribution in [-0.2, 0) is 12.8 Å². The monoisotopic (exact) mass is 484 g/mol. The predicted molar refractivity (Wildman–Crippen MR) is 158 cm³/mol. The zero-order valence-corrected chi connectivity index (χ0v) is 23.2. The van der Waals surface area contributed by atoms with Crippen molar-refractivity contribution in [3.63, 3.8) is 0 Å². The Hall–Kier alpha value is -2.38. The van der Waals surface area contributed by atoms with Crippen molar-refractivity contribution in [3.8, 4) is 0 Å². The summed E-state index contributed by atoms with van der Waals surface area (Å²) in [6.45, 7) is 13.9. The van der Waals surface area contributed by atoms with E-state index in [-0.39, 0.29) is 5.48 Å². The highest BCUT2D eigenvalue weighted by molar-refractivity contribution is 5.84. The molecule has 0 aromatic heterocycles. The molecule has 2 N–H and O–H groups in total. The summed E-state index contributed by atoms with van der Waals surface area (Å²) in [5, 5.41) is 2.75. The first kappa shape index (κ1) is 28.2. The van der Waals surface area contributed by atoms with E-state index in [0.29, 0.717) is 17.8 Å². The molecule has 3 aromatic carbocycles. The lowest BCUT2D eigenvalue weighted by Crippen LogP contribution is -2.26. The van der Waals surface area contributed by atoms with Gasteiger partial charge in [0.1, 0.15) is 0 Å². The van der Waals surface area contributed by atoms with Crippen LogP contribution in [0.25, 0.3) is 10.8 Å². The topological polar surface area (TPSA) is 31.5 Å². The number of benzene rings is 3. The molecule has 0 spiro atoms. The molecule has 194 valence electrons. The van der Waals surface area contributed by atoms with Gasteiger partial charge in [-0.15, -0.1) is 0 Å². The molecule has 4 rings (SSSR count). The van der Waals surface area contributed by atoms with Crippen LogP contribution in [0.15, 0.2) is 72.8 Å². The van der Waals surface area contributed by atoms with Gasteiger partial charge in [0.2, 0.25) is 0 Å². The van der Waals surface area contributed by atoms with Gasteiger partial charge in [-0.05, 0) is 83.7 Å². The Balaban J connectivity index is 0.00000361. The summed E-state index contributed by atoms with van der Waals surface area (Å²) in [7, 11) is 0. The molecule has 4 unspecified atom stereocenters. The molecule has 1 fully saturated rings. The fourth-order valence-electron chi connectivity index (χ4n) is 6.56. The Bertz CT molecular complexity index is 1110. The molecule has 36 heavy (non-hydrogen) atoms. The minimum Gasteiger partial charge on any atom is -0.412 e. The summed E-state index contributed by atoms with van der Waals surface area (Å²) in [4.78, 5) is 0. The summed E-state index contributed by atoms with van der Waals surface area (Å²) in [5.41, 5.74) is 7.16. The molecule has 0 bridgehead atoms. The first-order valence-electron chi connectivity index (χ1n) is 14.2. The first-order valence-corrected chi connectivity index (χ1v) is 14.2. The molecule has 1 nitrogen and oxygen atoms in total. The number of rotatable bonds is 10. The standard InChI is InChI=1S/C35H46.H2O/c1-6-9-28(7-2)14-15-29-16-20-33-24-30(17-21-32(33)23-29)22-27(5)34-11-8-10-26(4)35(34)31-18-12-25(3)13-19-31;/h12-13,16-21,23-24,26,28,34-35H,5-11,14-15,22H2,1-4H3;1H2. The van der Waals surface area contributed by atoms with Gasteiger partial charge in [0.15, 0.2) is 0 Å². The fraction of sp³-hybridized carbons (Fsp3) is 0.486. The van der Waals surface area contributed by atoms with Crippen molar-refractivity contribution in [2.45, 2.75) is 91.4 Å². The number of hydrogen-bond acceptors (Lipinski definition) is 0. The van der Waals surface area contributed by atoms with Crippen molar-refractivity contribution < 1.29 is 5.48 Å². The van der Waals surface area contributed by atoms with Crippen LogP contribution in [-0.4, -0.2) is 5.48 Å². The van der Waals surface area contributed by atoms with Gasteiger partial charge in [0.25, 0.3) is 0 Å². The summed E-state index contributed by atoms with van der Waals surface area (Å²) in [5.74, 6) is 2.76. The number of fused-ring (bicyclic) bond motifs is 1. The molecule has 1 aliphatic carbocycles. The van der Waals surface area contributed by atoms with Crippen LogP contribution >= 0.6 is 0 Å². The van der Waals surface area contributed by atoms with Gasteiger partial charge in [0, 0.05) is 0 Å². The molecule has 4 atom stereocenters. The van der Waals surface area contributed by atoms with Crippen molar-refractivity contribution >= 4 is 10.8 Å². The Morgan fingerprint density at radius 3 is 2.22 bits per heavy atom. The molecule has 1 saturated carbocycles. The second-order valence-corrected chi connectivity index (χ2v) is 11.4. The maximum absolute atomic E-state index is 4.66. The van der Waals surface area contributed by atoms with E-state index >= 15 is 0 Å². The average Bonchev–Trinajstić information content (AvgIpc) is 2.87. The molecule has 1 heteroatoms. The Morgan fingerprint density at radius 1 is 0.889 bits per heavy atom. The van der Waals surface area contributed by atoms with E-state index in [1.54, 1.807) is 0 Å². The highest BCUT2D eigenvalue weighted by atomic mass is 16.0. The minimum absolute atomic E-state index is 0. The van der Waals surface area contributed by atoms with Gasteiger partial charge < -0.3 is 5.48 Å². The van der Waals surface area contributed by atoms with Crippen molar-refractivity contribution in [1.82, 2.24) is 0 Å². The SMILES string of the molecule is C=C(Cc1ccc2cc(CCC(CC)CCC)ccc2c1)C1CCCC(C)C1c1ccc(C)cc1.O. The van der Waals surface area contributed by atoms with Crippen molar-refractivity contribution in [3.05, 3.63) is 95.1 Å². The molecule has 3 aromatic rings. The quantitative estimate of drug-likeness (QED) is 0.257. The molecule has 0 amide bonds. The molecular weight excluding hydrogens is 436 g/mol. The van der Waals surface area contributed by atoms with Gasteiger partial charge >= 0.3 is 0 Å². The molecule has 0 radical (unpaired) electrons. The lowest BCUT2D eigenvalue weighted by atomic mass is 9.66. The summed E-state index contributed by atoms with van der Waals surface area (Å²) >= 11 is 0. The van der Waals surface area contributed by atoms with E-state index in [9.17, 15) is 0 Å². The van der Waals surface area contributed by atoms with Gasteiger partial charge in [-0.1, -0.05) is 131 Å². The van der Waals surface area contributed by atoms with Gasteiger partial charge in [0.05, 0.1) is 0 Å². The number of allylic oxidation sites excluding steroid dienone is 1. The summed E-state index contributed by atoms with van der Waals surface area (Å²) in [6, 6.07) is 23.5. The molecule has 0 aliphatic heterocycles. The van der Waals surface area contributed by atoms with Crippen LogP contribution in [0, 0.1) is 24.7 Å². The zero-order valence-electron chi connectivity index (χ0n) is 23.2. The molecule has 1 aliphatic rings. The highest BCUT2D eigenvalue weighted by Gasteiger charge is 2.33. The van der Waals surface area contributed by atoms with Crippen molar-refractivity contribution in [1.29, 1.82) is 0 Å². The van der Waals surface area contributed by atoms with Crippen LogP contribution in [0.1, 0.15) is 93.9 Å². The smallest absolute Gasteiger partial charge is 0.00666 e. The van der Waals surface area contributed by atoms with Crippen LogP contribution in [0.4, 0.5) is 0 Å². The van der Waals surface area contributed by atoms with Crippen molar-refractivity contribution in [2.75, 3.05) is 0 Å². The fourth-order valence-corrected chi connectivity index (χ4v) is 6.56. The zero-order chi connectivity index (χ0) is 24.8. The Kier molecular flexibility index (Phi) is 10.4. The van der Waals surface area contributed by atoms with E-state index in [4.69, 9.17) is 0 Å². The summed E-state index contributed by atoms with van der Waals surface area (Å²) < 4.78 is 0. The lowest BCUT2D eigenvalue weighted by Gasteiger charge is -2.38. The van der Waals surface area contributed by atoms with E-state index in [1.165, 1.54) is 90.0 Å². The minimum atomic E-state index is 0. The van der Waals surface area contributed by atoms with Crippen LogP contribution < -0.4 is 0 Å². The number of aryl methyl sites for hydroxylation is 2. The van der Waals surface area contributed by atoms with E-state index in [2.05, 4.69) is 94.9 Å². The normalized spacial score (nSPS) is 20.6. The third kappa shape index (κ3) is 6.88. The van der Waals surface area contributed by atoms with E-state index in [1.807, 2.05) is 0 Å².